The molecule has 0 bridgehead atoms. The van der Waals surface area contributed by atoms with Gasteiger partial charge in [0.2, 0.25) is 0 Å². The first-order valence-electron chi connectivity index (χ1n) is 5.65. The van der Waals surface area contributed by atoms with Crippen molar-refractivity contribution in [1.82, 2.24) is 0 Å². The Morgan fingerprint density at radius 2 is 1.75 bits per heavy atom. The molecular formula is C13H18O3. The Bertz CT molecular complexity index is 293. The van der Waals surface area contributed by atoms with E-state index in [1.807, 2.05) is 0 Å². The quantitative estimate of drug-likeness (QED) is 0.543. The fraction of sp³-hybridized carbons (Fsp3) is 0.462. The van der Waals surface area contributed by atoms with Crippen LogP contribution in [0, 0.1) is 0 Å². The number of aldehydes is 1. The van der Waals surface area contributed by atoms with Crippen LogP contribution in [-0.4, -0.2) is 24.6 Å². The molecule has 0 aliphatic rings. The van der Waals surface area contributed by atoms with Crippen LogP contribution in [0.15, 0.2) is 24.3 Å². The highest BCUT2D eigenvalue weighted by molar-refractivity contribution is 5.74. The van der Waals surface area contributed by atoms with Gasteiger partial charge in [0.25, 0.3) is 0 Å². The molecule has 0 aliphatic carbocycles. The molecule has 3 nitrogen and oxygen atoms in total. The van der Waals surface area contributed by atoms with Gasteiger partial charge < -0.3 is 9.84 Å². The van der Waals surface area contributed by atoms with Gasteiger partial charge in [0.05, 0.1) is 6.61 Å². The van der Waals surface area contributed by atoms with Gasteiger partial charge >= 0.3 is 0 Å². The number of rotatable bonds is 8. The zero-order chi connectivity index (χ0) is 11.6. The van der Waals surface area contributed by atoms with Crippen molar-refractivity contribution in [3.63, 3.8) is 0 Å². The number of hydrogen-bond acceptors (Lipinski definition) is 3. The lowest BCUT2D eigenvalue weighted by Crippen LogP contribution is -1.97. The van der Waals surface area contributed by atoms with Gasteiger partial charge in [-0.3, -0.25) is 4.79 Å². The molecule has 0 aromatic heterocycles. The molecule has 0 aliphatic heterocycles. The lowest BCUT2D eigenvalue weighted by atomic mass is 10.2. The first-order chi connectivity index (χ1) is 7.86. The smallest absolute Gasteiger partial charge is 0.150 e. The number of benzene rings is 1. The number of carbonyl (C=O) groups excluding carboxylic acids is 1. The Hall–Kier alpha value is -1.35. The predicted octanol–water partition coefficient (Wildman–Crippen LogP) is 2.43. The summed E-state index contributed by atoms with van der Waals surface area (Å²) in [4.78, 5) is 10.4. The summed E-state index contributed by atoms with van der Waals surface area (Å²) in [5.41, 5.74) is 0.662. The minimum atomic E-state index is 0.272. The molecule has 0 unspecified atom stereocenters. The maximum Gasteiger partial charge on any atom is 0.150 e. The molecule has 0 saturated carbocycles. The Kier molecular flexibility index (Phi) is 6.26. The number of carbonyl (C=O) groups is 1. The van der Waals surface area contributed by atoms with Crippen molar-refractivity contribution < 1.29 is 14.6 Å². The maximum absolute atomic E-state index is 10.4. The molecular weight excluding hydrogens is 204 g/mol. The van der Waals surface area contributed by atoms with Gasteiger partial charge in [0.15, 0.2) is 0 Å². The maximum atomic E-state index is 10.4. The lowest BCUT2D eigenvalue weighted by Gasteiger charge is -2.05. The van der Waals surface area contributed by atoms with E-state index in [9.17, 15) is 4.79 Å². The fourth-order valence-corrected chi connectivity index (χ4v) is 1.40. The summed E-state index contributed by atoms with van der Waals surface area (Å²) in [6.45, 7) is 0.958. The van der Waals surface area contributed by atoms with E-state index in [1.54, 1.807) is 24.3 Å². The summed E-state index contributed by atoms with van der Waals surface area (Å²) in [7, 11) is 0. The van der Waals surface area contributed by atoms with Gasteiger partial charge in [-0.1, -0.05) is 6.42 Å². The van der Waals surface area contributed by atoms with E-state index in [-0.39, 0.29) is 6.61 Å². The van der Waals surface area contributed by atoms with Gasteiger partial charge in [-0.2, -0.15) is 0 Å². The minimum Gasteiger partial charge on any atom is -0.494 e. The Labute approximate surface area is 96.1 Å². The zero-order valence-corrected chi connectivity index (χ0v) is 9.39. The van der Waals surface area contributed by atoms with E-state index in [0.717, 1.165) is 37.7 Å². The third kappa shape index (κ3) is 4.94. The minimum absolute atomic E-state index is 0.272. The number of ether oxygens (including phenoxy) is 1. The average Bonchev–Trinajstić information content (AvgIpc) is 2.34. The second-order valence-electron chi connectivity index (χ2n) is 3.67. The average molecular weight is 222 g/mol. The molecule has 1 N–H and O–H groups in total. The number of hydrogen-bond donors (Lipinski definition) is 1. The molecule has 0 radical (unpaired) electrons. The highest BCUT2D eigenvalue weighted by Gasteiger charge is 1.94. The topological polar surface area (TPSA) is 46.5 Å². The Morgan fingerprint density at radius 1 is 1.06 bits per heavy atom. The normalized spacial score (nSPS) is 10.1. The molecule has 88 valence electrons. The van der Waals surface area contributed by atoms with Crippen molar-refractivity contribution in [1.29, 1.82) is 0 Å². The second-order valence-corrected chi connectivity index (χ2v) is 3.67. The van der Waals surface area contributed by atoms with Crippen LogP contribution in [0.1, 0.15) is 36.0 Å². The van der Waals surface area contributed by atoms with Crippen LogP contribution in [-0.2, 0) is 0 Å². The summed E-state index contributed by atoms with van der Waals surface area (Å²) in [6.07, 6.45) is 4.80. The molecule has 3 heteroatoms. The number of aliphatic hydroxyl groups is 1. The molecule has 0 fully saturated rings. The van der Waals surface area contributed by atoms with E-state index < -0.39 is 0 Å². The lowest BCUT2D eigenvalue weighted by molar-refractivity contribution is 0.112. The Balaban J connectivity index is 2.14. The van der Waals surface area contributed by atoms with Gasteiger partial charge in [0, 0.05) is 12.2 Å². The molecule has 1 aromatic carbocycles. The first-order valence-corrected chi connectivity index (χ1v) is 5.65. The number of aliphatic hydroxyl groups excluding tert-OH is 1. The van der Waals surface area contributed by atoms with Crippen molar-refractivity contribution in [3.05, 3.63) is 29.8 Å². The van der Waals surface area contributed by atoms with Gasteiger partial charge in [-0.15, -0.1) is 0 Å². The van der Waals surface area contributed by atoms with Crippen LogP contribution in [0.4, 0.5) is 0 Å². The summed E-state index contributed by atoms with van der Waals surface area (Å²) in [5.74, 6) is 0.799. The van der Waals surface area contributed by atoms with E-state index in [1.165, 1.54) is 0 Å². The van der Waals surface area contributed by atoms with E-state index in [4.69, 9.17) is 9.84 Å². The summed E-state index contributed by atoms with van der Waals surface area (Å²) in [6, 6.07) is 7.09. The molecule has 16 heavy (non-hydrogen) atoms. The SMILES string of the molecule is O=Cc1ccc(OCCCCCCO)cc1. The Morgan fingerprint density at radius 3 is 2.38 bits per heavy atom. The molecule has 0 amide bonds. The van der Waals surface area contributed by atoms with Gasteiger partial charge in [-0.25, -0.2) is 0 Å². The predicted molar refractivity (Wildman–Crippen MR) is 62.9 cm³/mol. The molecule has 0 saturated heterocycles. The fourth-order valence-electron chi connectivity index (χ4n) is 1.40. The monoisotopic (exact) mass is 222 g/mol. The van der Waals surface area contributed by atoms with E-state index in [2.05, 4.69) is 0 Å². The van der Waals surface area contributed by atoms with E-state index in [0.29, 0.717) is 12.2 Å². The van der Waals surface area contributed by atoms with Crippen LogP contribution in [0.2, 0.25) is 0 Å². The molecule has 0 heterocycles. The highest BCUT2D eigenvalue weighted by Crippen LogP contribution is 2.11. The van der Waals surface area contributed by atoms with Crippen molar-refractivity contribution in [2.24, 2.45) is 0 Å². The largest absolute Gasteiger partial charge is 0.494 e. The summed E-state index contributed by atoms with van der Waals surface area (Å²) >= 11 is 0. The van der Waals surface area contributed by atoms with Crippen molar-refractivity contribution in [3.8, 4) is 5.75 Å². The summed E-state index contributed by atoms with van der Waals surface area (Å²) in [5, 5.41) is 8.59. The van der Waals surface area contributed by atoms with Crippen LogP contribution >= 0.6 is 0 Å². The van der Waals surface area contributed by atoms with Crippen molar-refractivity contribution in [2.75, 3.05) is 13.2 Å². The number of unbranched alkanes of at least 4 members (excludes halogenated alkanes) is 3. The van der Waals surface area contributed by atoms with Crippen molar-refractivity contribution in [2.45, 2.75) is 25.7 Å². The van der Waals surface area contributed by atoms with Crippen LogP contribution in [0.25, 0.3) is 0 Å². The zero-order valence-electron chi connectivity index (χ0n) is 9.39. The molecule has 1 rings (SSSR count). The van der Waals surface area contributed by atoms with Crippen LogP contribution in [0.5, 0.6) is 5.75 Å². The van der Waals surface area contributed by atoms with Crippen LogP contribution < -0.4 is 4.74 Å². The third-order valence-corrected chi connectivity index (χ3v) is 2.34. The standard InChI is InChI=1S/C13H18O3/c14-9-3-1-2-4-10-16-13-7-5-12(11-15)6-8-13/h5-8,11,14H,1-4,9-10H2. The molecule has 1 aromatic rings. The third-order valence-electron chi connectivity index (χ3n) is 2.34. The summed E-state index contributed by atoms with van der Waals surface area (Å²) < 4.78 is 5.51. The van der Waals surface area contributed by atoms with Crippen LogP contribution in [0.3, 0.4) is 0 Å². The highest BCUT2D eigenvalue weighted by atomic mass is 16.5. The van der Waals surface area contributed by atoms with Gasteiger partial charge in [0.1, 0.15) is 12.0 Å². The van der Waals surface area contributed by atoms with Crippen molar-refractivity contribution >= 4 is 6.29 Å². The molecule has 0 atom stereocenters. The molecule has 0 spiro atoms. The second kappa shape index (κ2) is 7.88. The first kappa shape index (κ1) is 12.7. The van der Waals surface area contributed by atoms with Gasteiger partial charge in [-0.05, 0) is 43.5 Å². The van der Waals surface area contributed by atoms with E-state index >= 15 is 0 Å².